The molecule has 0 bridgehead atoms. The van der Waals surface area contributed by atoms with Gasteiger partial charge in [0, 0.05) is 22.8 Å². The molecule has 0 aromatic heterocycles. The zero-order chi connectivity index (χ0) is 13.9. The van der Waals surface area contributed by atoms with E-state index in [1.165, 1.54) is 19.2 Å². The van der Waals surface area contributed by atoms with Gasteiger partial charge in [-0.1, -0.05) is 0 Å². The van der Waals surface area contributed by atoms with Gasteiger partial charge < -0.3 is 4.74 Å². The number of hydrogen-bond acceptors (Lipinski definition) is 5. The van der Waals surface area contributed by atoms with E-state index >= 15 is 0 Å². The Morgan fingerprint density at radius 1 is 1.42 bits per heavy atom. The summed E-state index contributed by atoms with van der Waals surface area (Å²) in [5, 5.41) is 10.5. The molecule has 1 fully saturated rings. The average Bonchev–Trinajstić information content (AvgIpc) is 3.17. The van der Waals surface area contributed by atoms with Gasteiger partial charge in [-0.2, -0.15) is 0 Å². The second kappa shape index (κ2) is 5.61. The maximum Gasteiger partial charge on any atom is 0.306 e. The summed E-state index contributed by atoms with van der Waals surface area (Å²) in [6, 6.07) is 6.50. The summed E-state index contributed by atoms with van der Waals surface area (Å²) in [5.41, 5.74) is 0.166. The van der Waals surface area contributed by atoms with Crippen molar-refractivity contribution in [1.29, 1.82) is 0 Å². The van der Waals surface area contributed by atoms with E-state index in [9.17, 15) is 14.9 Å². The van der Waals surface area contributed by atoms with Gasteiger partial charge >= 0.3 is 5.97 Å². The number of nitro groups is 1. The summed E-state index contributed by atoms with van der Waals surface area (Å²) in [6.45, 7) is 0. The second-order valence-electron chi connectivity index (χ2n) is 4.79. The zero-order valence-electron chi connectivity index (χ0n) is 10.6. The van der Waals surface area contributed by atoms with Crippen molar-refractivity contribution < 1.29 is 14.5 Å². The molecule has 0 atom stereocenters. The van der Waals surface area contributed by atoms with E-state index in [4.69, 9.17) is 4.74 Å². The number of esters is 1. The van der Waals surface area contributed by atoms with Crippen LogP contribution < -0.4 is 0 Å². The van der Waals surface area contributed by atoms with Crippen molar-refractivity contribution in [3.63, 3.8) is 0 Å². The largest absolute Gasteiger partial charge is 0.469 e. The molecule has 0 radical (unpaired) electrons. The minimum absolute atomic E-state index is 0.0690. The third kappa shape index (κ3) is 3.70. The van der Waals surface area contributed by atoms with E-state index in [1.807, 2.05) is 0 Å². The molecule has 1 aromatic carbocycles. The Hall–Kier alpha value is -1.56. The number of nitro benzene ring substituents is 1. The number of hydrogen-bond donors (Lipinski definition) is 0. The van der Waals surface area contributed by atoms with Crippen LogP contribution in [0, 0.1) is 15.5 Å². The third-order valence-corrected chi connectivity index (χ3v) is 4.66. The van der Waals surface area contributed by atoms with Crippen LogP contribution in [0.2, 0.25) is 0 Å². The van der Waals surface area contributed by atoms with Gasteiger partial charge in [0.1, 0.15) is 0 Å². The van der Waals surface area contributed by atoms with Gasteiger partial charge in [-0.15, -0.1) is 11.8 Å². The number of carbonyl (C=O) groups is 1. The highest BCUT2D eigenvalue weighted by Gasteiger charge is 2.44. The fourth-order valence-electron chi connectivity index (χ4n) is 1.83. The summed E-state index contributed by atoms with van der Waals surface area (Å²) in [6.07, 6.45) is 2.55. The summed E-state index contributed by atoms with van der Waals surface area (Å²) in [5.74, 6) is 0.682. The second-order valence-corrected chi connectivity index (χ2v) is 5.84. The fourth-order valence-corrected chi connectivity index (χ4v) is 3.02. The van der Waals surface area contributed by atoms with Crippen molar-refractivity contribution in [3.8, 4) is 0 Å². The van der Waals surface area contributed by atoms with Gasteiger partial charge in [0.2, 0.25) is 0 Å². The van der Waals surface area contributed by atoms with E-state index in [-0.39, 0.29) is 17.1 Å². The number of non-ortho nitro benzene ring substituents is 1. The van der Waals surface area contributed by atoms with E-state index in [0.29, 0.717) is 6.42 Å². The Balaban J connectivity index is 1.88. The fraction of sp³-hybridized carbons (Fsp3) is 0.462. The Morgan fingerprint density at radius 3 is 2.53 bits per heavy atom. The average molecular weight is 281 g/mol. The Morgan fingerprint density at radius 2 is 2.05 bits per heavy atom. The molecule has 102 valence electrons. The number of methoxy groups -OCH3 is 1. The van der Waals surface area contributed by atoms with E-state index < -0.39 is 4.92 Å². The lowest BCUT2D eigenvalue weighted by Gasteiger charge is -2.12. The number of nitrogens with zero attached hydrogens (tertiary/aromatic N) is 1. The molecule has 2 rings (SSSR count). The molecule has 1 aromatic rings. The Labute approximate surface area is 115 Å². The van der Waals surface area contributed by atoms with Gasteiger partial charge in [-0.05, 0) is 30.4 Å². The molecule has 0 spiro atoms. The van der Waals surface area contributed by atoms with Crippen LogP contribution in [0.15, 0.2) is 29.2 Å². The molecule has 1 aliphatic carbocycles. The van der Waals surface area contributed by atoms with Crippen molar-refractivity contribution in [3.05, 3.63) is 34.4 Å². The summed E-state index contributed by atoms with van der Waals surface area (Å²) in [7, 11) is 1.40. The van der Waals surface area contributed by atoms with Crippen LogP contribution in [0.5, 0.6) is 0 Å². The molecule has 0 aliphatic heterocycles. The number of thioether (sulfide) groups is 1. The SMILES string of the molecule is COC(=O)CC1(CSc2ccc([N+](=O)[O-])cc2)CC1. The van der Waals surface area contributed by atoms with Gasteiger partial charge in [0.15, 0.2) is 0 Å². The molecule has 0 N–H and O–H groups in total. The summed E-state index contributed by atoms with van der Waals surface area (Å²) < 4.78 is 4.70. The zero-order valence-corrected chi connectivity index (χ0v) is 11.4. The van der Waals surface area contributed by atoms with Crippen molar-refractivity contribution in [2.75, 3.05) is 12.9 Å². The molecule has 1 saturated carbocycles. The lowest BCUT2D eigenvalue weighted by atomic mass is 10.1. The molecule has 0 heterocycles. The highest BCUT2D eigenvalue weighted by Crippen LogP contribution is 2.52. The molecule has 5 nitrogen and oxygen atoms in total. The first kappa shape index (κ1) is 13.9. The van der Waals surface area contributed by atoms with Crippen molar-refractivity contribution >= 4 is 23.4 Å². The van der Waals surface area contributed by atoms with Crippen LogP contribution in [0.3, 0.4) is 0 Å². The molecule has 0 saturated heterocycles. The Kier molecular flexibility index (Phi) is 4.09. The lowest BCUT2D eigenvalue weighted by Crippen LogP contribution is -2.12. The molecular formula is C13H15NO4S. The standard InChI is InChI=1S/C13H15NO4S/c1-18-12(15)8-13(6-7-13)9-19-11-4-2-10(3-5-11)14(16)17/h2-5H,6-9H2,1H3. The van der Waals surface area contributed by atoms with Crippen LogP contribution in [0.25, 0.3) is 0 Å². The van der Waals surface area contributed by atoms with Gasteiger partial charge in [-0.3, -0.25) is 14.9 Å². The van der Waals surface area contributed by atoms with Crippen molar-refractivity contribution in [2.24, 2.45) is 5.41 Å². The number of benzene rings is 1. The van der Waals surface area contributed by atoms with E-state index in [1.54, 1.807) is 23.9 Å². The number of ether oxygens (including phenoxy) is 1. The van der Waals surface area contributed by atoms with Gasteiger partial charge in [0.05, 0.1) is 18.5 Å². The molecule has 0 unspecified atom stereocenters. The van der Waals surface area contributed by atoms with Crippen molar-refractivity contribution in [1.82, 2.24) is 0 Å². The summed E-state index contributed by atoms with van der Waals surface area (Å²) in [4.78, 5) is 22.4. The van der Waals surface area contributed by atoms with Gasteiger partial charge in [0.25, 0.3) is 5.69 Å². The van der Waals surface area contributed by atoms with E-state index in [2.05, 4.69) is 0 Å². The molecule has 19 heavy (non-hydrogen) atoms. The normalized spacial score (nSPS) is 15.8. The highest BCUT2D eigenvalue weighted by atomic mass is 32.2. The molecular weight excluding hydrogens is 266 g/mol. The predicted molar refractivity (Wildman–Crippen MR) is 72.1 cm³/mol. The highest BCUT2D eigenvalue weighted by molar-refractivity contribution is 7.99. The quantitative estimate of drug-likeness (QED) is 0.347. The van der Waals surface area contributed by atoms with Crippen LogP contribution >= 0.6 is 11.8 Å². The first-order valence-electron chi connectivity index (χ1n) is 5.99. The minimum Gasteiger partial charge on any atom is -0.469 e. The summed E-state index contributed by atoms with van der Waals surface area (Å²) >= 11 is 1.63. The Bertz CT molecular complexity index is 482. The maximum atomic E-state index is 11.3. The van der Waals surface area contributed by atoms with Crippen LogP contribution in [-0.2, 0) is 9.53 Å². The van der Waals surface area contributed by atoms with E-state index in [0.717, 1.165) is 23.5 Å². The third-order valence-electron chi connectivity index (χ3n) is 3.30. The molecule has 1 aliphatic rings. The number of rotatable bonds is 6. The van der Waals surface area contributed by atoms with Crippen molar-refractivity contribution in [2.45, 2.75) is 24.2 Å². The first-order valence-corrected chi connectivity index (χ1v) is 6.97. The lowest BCUT2D eigenvalue weighted by molar-refractivity contribution is -0.384. The monoisotopic (exact) mass is 281 g/mol. The predicted octanol–water partition coefficient (Wildman–Crippen LogP) is 3.03. The van der Waals surface area contributed by atoms with Crippen LogP contribution in [-0.4, -0.2) is 23.8 Å². The molecule has 0 amide bonds. The minimum atomic E-state index is -0.409. The maximum absolute atomic E-state index is 11.3. The number of carbonyl (C=O) groups excluding carboxylic acids is 1. The van der Waals surface area contributed by atoms with Crippen LogP contribution in [0.1, 0.15) is 19.3 Å². The first-order chi connectivity index (χ1) is 9.04. The topological polar surface area (TPSA) is 69.4 Å². The van der Waals surface area contributed by atoms with Gasteiger partial charge in [-0.25, -0.2) is 0 Å². The smallest absolute Gasteiger partial charge is 0.306 e. The van der Waals surface area contributed by atoms with Crippen LogP contribution in [0.4, 0.5) is 5.69 Å². The molecule has 6 heteroatoms.